The maximum absolute atomic E-state index is 12.1. The van der Waals surface area contributed by atoms with Crippen LogP contribution in [-0.4, -0.2) is 10.7 Å². The fourth-order valence-corrected chi connectivity index (χ4v) is 2.49. The van der Waals surface area contributed by atoms with Crippen LogP contribution in [0.25, 0.3) is 10.9 Å². The Morgan fingerprint density at radius 2 is 1.74 bits per heavy atom. The Morgan fingerprint density at radius 3 is 2.52 bits per heavy atom. The molecule has 0 saturated heterocycles. The average molecular weight is 311 g/mol. The minimum atomic E-state index is -0.673. The van der Waals surface area contributed by atoms with Crippen molar-refractivity contribution in [3.05, 3.63) is 75.1 Å². The second kappa shape index (κ2) is 6.12. The van der Waals surface area contributed by atoms with Crippen molar-refractivity contribution in [3.63, 3.8) is 0 Å². The molecular weight excluding hydrogens is 294 g/mol. The van der Waals surface area contributed by atoms with Crippen LogP contribution < -0.4 is 16.1 Å². The van der Waals surface area contributed by atoms with Crippen LogP contribution in [0.5, 0.6) is 5.75 Å². The highest BCUT2D eigenvalue weighted by molar-refractivity contribution is 5.77. The van der Waals surface area contributed by atoms with Crippen LogP contribution in [0, 0.1) is 0 Å². The molecule has 2 aromatic carbocycles. The number of nitrogens with zero attached hydrogens (tertiary/aromatic N) is 1. The average Bonchev–Trinajstić information content (AvgIpc) is 2.52. The van der Waals surface area contributed by atoms with Gasteiger partial charge >= 0.3 is 11.4 Å². The largest absolute Gasteiger partial charge is 0.491 e. The van der Waals surface area contributed by atoms with E-state index in [9.17, 15) is 9.59 Å². The van der Waals surface area contributed by atoms with Gasteiger partial charge in [0.15, 0.2) is 0 Å². The van der Waals surface area contributed by atoms with E-state index in [1.165, 1.54) is 4.57 Å². The van der Waals surface area contributed by atoms with Gasteiger partial charge in [0.05, 0.1) is 23.6 Å². The van der Waals surface area contributed by atoms with Crippen LogP contribution in [0.2, 0.25) is 0 Å². The Hall–Kier alpha value is -2.82. The monoisotopic (exact) mass is 311 g/mol. The van der Waals surface area contributed by atoms with Gasteiger partial charge in [0.1, 0.15) is 5.75 Å². The number of fused-ring (bicyclic) bond motifs is 1. The van der Waals surface area contributed by atoms with Crippen molar-refractivity contribution in [2.45, 2.75) is 26.5 Å². The number of rotatable bonds is 4. The van der Waals surface area contributed by atoms with E-state index in [1.807, 2.05) is 38.1 Å². The molecule has 3 rings (SSSR count). The summed E-state index contributed by atoms with van der Waals surface area (Å²) in [5.74, 6) is 0.0396. The van der Waals surface area contributed by atoms with Crippen molar-refractivity contribution < 1.29 is 9.15 Å². The minimum Gasteiger partial charge on any atom is -0.491 e. The molecule has 0 aliphatic heterocycles. The highest BCUT2D eigenvalue weighted by Crippen LogP contribution is 2.21. The van der Waals surface area contributed by atoms with Gasteiger partial charge in [-0.05, 0) is 32.0 Å². The van der Waals surface area contributed by atoms with Gasteiger partial charge in [-0.2, -0.15) is 0 Å². The summed E-state index contributed by atoms with van der Waals surface area (Å²) in [5.41, 5.74) is 0.781. The van der Waals surface area contributed by atoms with Gasteiger partial charge < -0.3 is 9.15 Å². The Bertz CT molecular complexity index is 953. The van der Waals surface area contributed by atoms with Gasteiger partial charge in [0.25, 0.3) is 0 Å². The summed E-state index contributed by atoms with van der Waals surface area (Å²) in [5, 5.41) is 0.384. The van der Waals surface area contributed by atoms with Gasteiger partial charge in [0, 0.05) is 5.56 Å². The molecule has 0 radical (unpaired) electrons. The summed E-state index contributed by atoms with van der Waals surface area (Å²) in [6, 6.07) is 14.4. The van der Waals surface area contributed by atoms with E-state index in [2.05, 4.69) is 0 Å². The summed E-state index contributed by atoms with van der Waals surface area (Å²) in [6.45, 7) is 4.16. The zero-order valence-electron chi connectivity index (χ0n) is 13.0. The molecule has 3 aromatic rings. The fourth-order valence-electron chi connectivity index (χ4n) is 2.49. The summed E-state index contributed by atoms with van der Waals surface area (Å²) in [4.78, 5) is 24.0. The van der Waals surface area contributed by atoms with Crippen molar-refractivity contribution in [1.29, 1.82) is 0 Å². The number of hydrogen-bond acceptors (Lipinski definition) is 4. The number of benzene rings is 2. The molecule has 0 aliphatic rings. The van der Waals surface area contributed by atoms with E-state index in [1.54, 1.807) is 24.3 Å². The van der Waals surface area contributed by atoms with E-state index >= 15 is 0 Å². The number of aromatic nitrogens is 1. The van der Waals surface area contributed by atoms with Crippen LogP contribution >= 0.6 is 0 Å². The lowest BCUT2D eigenvalue weighted by atomic mass is 10.2. The molecule has 0 saturated carbocycles. The molecule has 0 amide bonds. The van der Waals surface area contributed by atoms with Gasteiger partial charge in [-0.3, -0.25) is 4.57 Å². The molecule has 0 fully saturated rings. The molecule has 5 heteroatoms. The second-order valence-corrected chi connectivity index (χ2v) is 5.53. The third-order valence-electron chi connectivity index (χ3n) is 3.48. The first-order valence-electron chi connectivity index (χ1n) is 7.43. The van der Waals surface area contributed by atoms with E-state index < -0.39 is 11.4 Å². The highest BCUT2D eigenvalue weighted by Gasteiger charge is 2.12. The summed E-state index contributed by atoms with van der Waals surface area (Å²) in [6.07, 6.45) is 0.0262. The maximum atomic E-state index is 12.1. The fraction of sp³-hybridized carbons (Fsp3) is 0.222. The molecule has 1 aromatic heterocycles. The summed E-state index contributed by atoms with van der Waals surface area (Å²) in [7, 11) is 0. The van der Waals surface area contributed by atoms with Crippen LogP contribution in [-0.2, 0) is 6.54 Å². The molecule has 0 spiro atoms. The van der Waals surface area contributed by atoms with Crippen LogP contribution in [0.3, 0.4) is 0 Å². The zero-order valence-corrected chi connectivity index (χ0v) is 13.0. The first-order valence-corrected chi connectivity index (χ1v) is 7.43. The SMILES string of the molecule is CC(C)Oc1ccccc1Cn1c(=O)oc(=O)c2ccccc21. The van der Waals surface area contributed by atoms with E-state index in [0.29, 0.717) is 16.7 Å². The highest BCUT2D eigenvalue weighted by atomic mass is 16.5. The number of ether oxygens (including phenoxy) is 1. The summed E-state index contributed by atoms with van der Waals surface area (Å²) >= 11 is 0. The molecule has 0 N–H and O–H groups in total. The smallest absolute Gasteiger partial charge is 0.422 e. The maximum Gasteiger partial charge on any atom is 0.422 e. The second-order valence-electron chi connectivity index (χ2n) is 5.53. The molecule has 0 bridgehead atoms. The first-order chi connectivity index (χ1) is 11.1. The van der Waals surface area contributed by atoms with Crippen molar-refractivity contribution in [2.24, 2.45) is 0 Å². The summed E-state index contributed by atoms with van der Waals surface area (Å²) < 4.78 is 12.1. The Morgan fingerprint density at radius 1 is 1.04 bits per heavy atom. The van der Waals surface area contributed by atoms with Gasteiger partial charge in [-0.1, -0.05) is 30.3 Å². The number of para-hydroxylation sites is 2. The predicted octanol–water partition coefficient (Wildman–Crippen LogP) is 2.79. The van der Waals surface area contributed by atoms with Crippen molar-refractivity contribution in [2.75, 3.05) is 0 Å². The van der Waals surface area contributed by atoms with Crippen molar-refractivity contribution in [1.82, 2.24) is 4.57 Å². The minimum absolute atomic E-state index is 0.0262. The topological polar surface area (TPSA) is 61.4 Å². The Kier molecular flexibility index (Phi) is 4.02. The molecule has 118 valence electrons. The third kappa shape index (κ3) is 3.04. The lowest BCUT2D eigenvalue weighted by Gasteiger charge is -2.15. The predicted molar refractivity (Wildman–Crippen MR) is 88.1 cm³/mol. The lowest BCUT2D eigenvalue weighted by Crippen LogP contribution is -2.25. The zero-order chi connectivity index (χ0) is 16.4. The standard InChI is InChI=1S/C18H17NO4/c1-12(2)22-16-10-6-3-7-13(16)11-19-15-9-5-4-8-14(15)17(20)23-18(19)21/h3-10,12H,11H2,1-2H3. The quantitative estimate of drug-likeness (QED) is 0.743. The van der Waals surface area contributed by atoms with Crippen LogP contribution in [0.4, 0.5) is 0 Å². The molecule has 1 heterocycles. The third-order valence-corrected chi connectivity index (χ3v) is 3.48. The van der Waals surface area contributed by atoms with Crippen molar-refractivity contribution in [3.8, 4) is 5.75 Å². The molecule has 0 aliphatic carbocycles. The molecule has 0 unspecified atom stereocenters. The van der Waals surface area contributed by atoms with Gasteiger partial charge in [-0.25, -0.2) is 9.59 Å². The Labute approximate surface area is 132 Å². The Balaban J connectivity index is 2.13. The first kappa shape index (κ1) is 15.1. The van der Waals surface area contributed by atoms with Crippen molar-refractivity contribution >= 4 is 10.9 Å². The van der Waals surface area contributed by atoms with Gasteiger partial charge in [0.2, 0.25) is 0 Å². The number of hydrogen-bond donors (Lipinski definition) is 0. The van der Waals surface area contributed by atoms with E-state index in [4.69, 9.17) is 9.15 Å². The molecule has 23 heavy (non-hydrogen) atoms. The molecular formula is C18H17NO4. The van der Waals surface area contributed by atoms with Crippen LogP contribution in [0.15, 0.2) is 62.5 Å². The lowest BCUT2D eigenvalue weighted by molar-refractivity contribution is 0.239. The molecule has 5 nitrogen and oxygen atoms in total. The van der Waals surface area contributed by atoms with E-state index in [0.717, 1.165) is 5.56 Å². The normalized spacial score (nSPS) is 11.1. The van der Waals surface area contributed by atoms with E-state index in [-0.39, 0.29) is 12.6 Å². The molecule has 0 atom stereocenters. The van der Waals surface area contributed by atoms with Crippen LogP contribution in [0.1, 0.15) is 19.4 Å². The van der Waals surface area contributed by atoms with Gasteiger partial charge in [-0.15, -0.1) is 0 Å².